The van der Waals surface area contributed by atoms with Crippen molar-refractivity contribution in [2.24, 2.45) is 0 Å². The highest BCUT2D eigenvalue weighted by Gasteiger charge is 2.12. The third-order valence-corrected chi connectivity index (χ3v) is 4.34. The first kappa shape index (κ1) is 18.7. The van der Waals surface area contributed by atoms with Crippen molar-refractivity contribution in [3.05, 3.63) is 77.0 Å². The Morgan fingerprint density at radius 3 is 2.44 bits per heavy atom. The van der Waals surface area contributed by atoms with Crippen molar-refractivity contribution in [1.29, 1.82) is 0 Å². The SMILES string of the molecule is Cc1cccc(C[C@@H](C)NC(=O)c2ccc(-c3nc(C)cnc3C)cc2)n1. The standard InChI is InChI=1S/C22H24N4O/c1-14-6-5-7-20(24-14)12-15(2)26-22(27)19-10-8-18(9-11-19)21-17(4)23-13-16(3)25-21/h5-11,13,15H,12H2,1-4H3,(H,26,27)/t15-/m1/s1. The van der Waals surface area contributed by atoms with Crippen molar-refractivity contribution in [2.45, 2.75) is 40.2 Å². The van der Waals surface area contributed by atoms with Crippen LogP contribution in [0.1, 0.15) is 40.1 Å². The highest BCUT2D eigenvalue weighted by Crippen LogP contribution is 2.20. The summed E-state index contributed by atoms with van der Waals surface area (Å²) in [6.07, 6.45) is 2.45. The molecule has 1 N–H and O–H groups in total. The lowest BCUT2D eigenvalue weighted by Gasteiger charge is -2.14. The van der Waals surface area contributed by atoms with Gasteiger partial charge in [-0.15, -0.1) is 0 Å². The van der Waals surface area contributed by atoms with E-state index >= 15 is 0 Å². The van der Waals surface area contributed by atoms with Gasteiger partial charge in [0.25, 0.3) is 5.91 Å². The van der Waals surface area contributed by atoms with Crippen molar-refractivity contribution in [2.75, 3.05) is 0 Å². The molecule has 5 nitrogen and oxygen atoms in total. The second-order valence-electron chi connectivity index (χ2n) is 6.87. The number of rotatable bonds is 5. The maximum Gasteiger partial charge on any atom is 0.251 e. The Labute approximate surface area is 159 Å². The molecular formula is C22H24N4O. The highest BCUT2D eigenvalue weighted by molar-refractivity contribution is 5.94. The molecule has 3 aromatic rings. The number of nitrogens with zero attached hydrogens (tertiary/aromatic N) is 3. The molecule has 5 heteroatoms. The summed E-state index contributed by atoms with van der Waals surface area (Å²) < 4.78 is 0. The van der Waals surface area contributed by atoms with Crippen LogP contribution in [0.2, 0.25) is 0 Å². The van der Waals surface area contributed by atoms with E-state index in [9.17, 15) is 4.79 Å². The molecule has 0 unspecified atom stereocenters. The number of hydrogen-bond donors (Lipinski definition) is 1. The van der Waals surface area contributed by atoms with Crippen LogP contribution in [0, 0.1) is 20.8 Å². The number of aromatic nitrogens is 3. The Morgan fingerprint density at radius 2 is 1.74 bits per heavy atom. The van der Waals surface area contributed by atoms with E-state index < -0.39 is 0 Å². The Hall–Kier alpha value is -3.08. The lowest BCUT2D eigenvalue weighted by atomic mass is 10.1. The normalized spacial score (nSPS) is 11.9. The first-order valence-corrected chi connectivity index (χ1v) is 9.06. The molecule has 138 valence electrons. The molecule has 27 heavy (non-hydrogen) atoms. The zero-order chi connectivity index (χ0) is 19.4. The van der Waals surface area contributed by atoms with Gasteiger partial charge in [-0.05, 0) is 52.0 Å². The summed E-state index contributed by atoms with van der Waals surface area (Å²) in [7, 11) is 0. The van der Waals surface area contributed by atoms with Crippen LogP contribution >= 0.6 is 0 Å². The van der Waals surface area contributed by atoms with Gasteiger partial charge in [-0.2, -0.15) is 0 Å². The maximum absolute atomic E-state index is 12.5. The second kappa shape index (κ2) is 8.08. The van der Waals surface area contributed by atoms with Crippen molar-refractivity contribution in [1.82, 2.24) is 20.3 Å². The molecule has 1 atom stereocenters. The molecule has 0 spiro atoms. The van der Waals surface area contributed by atoms with E-state index in [0.717, 1.165) is 34.0 Å². The number of nitrogens with one attached hydrogen (secondary N) is 1. The third kappa shape index (κ3) is 4.76. The fourth-order valence-electron chi connectivity index (χ4n) is 2.98. The van der Waals surface area contributed by atoms with Gasteiger partial charge in [-0.1, -0.05) is 18.2 Å². The van der Waals surface area contributed by atoms with Crippen LogP contribution in [0.4, 0.5) is 0 Å². The number of hydrogen-bond acceptors (Lipinski definition) is 4. The molecule has 3 rings (SSSR count). The number of carbonyl (C=O) groups excluding carboxylic acids is 1. The molecule has 0 radical (unpaired) electrons. The Balaban J connectivity index is 1.67. The molecule has 2 aromatic heterocycles. The van der Waals surface area contributed by atoms with E-state index in [1.54, 1.807) is 6.20 Å². The fraction of sp³-hybridized carbons (Fsp3) is 0.273. The van der Waals surface area contributed by atoms with Crippen molar-refractivity contribution >= 4 is 5.91 Å². The van der Waals surface area contributed by atoms with Gasteiger partial charge in [0, 0.05) is 41.2 Å². The summed E-state index contributed by atoms with van der Waals surface area (Å²) in [5, 5.41) is 3.04. The summed E-state index contributed by atoms with van der Waals surface area (Å²) in [5.74, 6) is -0.0891. The van der Waals surface area contributed by atoms with Crippen molar-refractivity contribution in [3.8, 4) is 11.3 Å². The van der Waals surface area contributed by atoms with E-state index in [0.29, 0.717) is 12.0 Å². The monoisotopic (exact) mass is 360 g/mol. The van der Waals surface area contributed by atoms with Crippen LogP contribution in [0.25, 0.3) is 11.3 Å². The lowest BCUT2D eigenvalue weighted by Crippen LogP contribution is -2.34. The molecule has 0 aliphatic rings. The van der Waals surface area contributed by atoms with Gasteiger partial charge in [-0.3, -0.25) is 14.8 Å². The van der Waals surface area contributed by atoms with Gasteiger partial charge in [0.1, 0.15) is 0 Å². The predicted molar refractivity (Wildman–Crippen MR) is 107 cm³/mol. The van der Waals surface area contributed by atoms with Crippen LogP contribution < -0.4 is 5.32 Å². The molecule has 1 aromatic carbocycles. The molecule has 2 heterocycles. The zero-order valence-electron chi connectivity index (χ0n) is 16.2. The molecular weight excluding hydrogens is 336 g/mol. The Morgan fingerprint density at radius 1 is 1.00 bits per heavy atom. The number of amides is 1. The fourth-order valence-corrected chi connectivity index (χ4v) is 2.98. The molecule has 0 fully saturated rings. The highest BCUT2D eigenvalue weighted by atomic mass is 16.1. The van der Waals surface area contributed by atoms with E-state index in [-0.39, 0.29) is 11.9 Å². The molecule has 1 amide bonds. The number of pyridine rings is 1. The average Bonchev–Trinajstić information content (AvgIpc) is 2.64. The number of aryl methyl sites for hydroxylation is 3. The average molecular weight is 360 g/mol. The zero-order valence-corrected chi connectivity index (χ0v) is 16.2. The summed E-state index contributed by atoms with van der Waals surface area (Å²) in [6, 6.07) is 13.4. The van der Waals surface area contributed by atoms with Crippen LogP contribution in [0.3, 0.4) is 0 Å². The van der Waals surface area contributed by atoms with Crippen LogP contribution in [0.5, 0.6) is 0 Å². The smallest absolute Gasteiger partial charge is 0.251 e. The van der Waals surface area contributed by atoms with Gasteiger partial charge in [0.05, 0.1) is 17.1 Å². The summed E-state index contributed by atoms with van der Waals surface area (Å²) in [6.45, 7) is 7.81. The van der Waals surface area contributed by atoms with Crippen LogP contribution in [-0.4, -0.2) is 26.9 Å². The van der Waals surface area contributed by atoms with Gasteiger partial charge in [0.15, 0.2) is 0 Å². The topological polar surface area (TPSA) is 67.8 Å². The number of carbonyl (C=O) groups is 1. The molecule has 0 aliphatic carbocycles. The Bertz CT molecular complexity index is 951. The van der Waals surface area contributed by atoms with Gasteiger partial charge in [0.2, 0.25) is 0 Å². The van der Waals surface area contributed by atoms with E-state index in [1.165, 1.54) is 0 Å². The predicted octanol–water partition coefficient (Wildman–Crippen LogP) is 3.82. The lowest BCUT2D eigenvalue weighted by molar-refractivity contribution is 0.0940. The Kier molecular flexibility index (Phi) is 5.60. The van der Waals surface area contributed by atoms with E-state index in [1.807, 2.05) is 70.2 Å². The minimum absolute atomic E-state index is 0.00337. The second-order valence-corrected chi connectivity index (χ2v) is 6.87. The van der Waals surface area contributed by atoms with Crippen molar-refractivity contribution < 1.29 is 4.79 Å². The molecule has 0 saturated heterocycles. The summed E-state index contributed by atoms with van der Waals surface area (Å²) >= 11 is 0. The largest absolute Gasteiger partial charge is 0.349 e. The maximum atomic E-state index is 12.5. The third-order valence-electron chi connectivity index (χ3n) is 4.34. The van der Waals surface area contributed by atoms with Gasteiger partial charge >= 0.3 is 0 Å². The van der Waals surface area contributed by atoms with Gasteiger partial charge in [-0.25, -0.2) is 4.98 Å². The first-order chi connectivity index (χ1) is 12.9. The first-order valence-electron chi connectivity index (χ1n) is 9.06. The molecule has 0 saturated carbocycles. The summed E-state index contributed by atoms with van der Waals surface area (Å²) in [5.41, 5.74) is 6.13. The van der Waals surface area contributed by atoms with Gasteiger partial charge < -0.3 is 5.32 Å². The van der Waals surface area contributed by atoms with E-state index in [2.05, 4.69) is 20.3 Å². The van der Waals surface area contributed by atoms with Crippen molar-refractivity contribution in [3.63, 3.8) is 0 Å². The summed E-state index contributed by atoms with van der Waals surface area (Å²) in [4.78, 5) is 25.9. The molecule has 0 bridgehead atoms. The van der Waals surface area contributed by atoms with Crippen LogP contribution in [-0.2, 0) is 6.42 Å². The van der Waals surface area contributed by atoms with Crippen LogP contribution in [0.15, 0.2) is 48.7 Å². The molecule has 0 aliphatic heterocycles. The van der Waals surface area contributed by atoms with E-state index in [4.69, 9.17) is 0 Å². The minimum Gasteiger partial charge on any atom is -0.349 e. The minimum atomic E-state index is -0.0891. The number of benzene rings is 1. The quantitative estimate of drug-likeness (QED) is 0.751.